The van der Waals surface area contributed by atoms with Crippen molar-refractivity contribution in [2.24, 2.45) is 11.7 Å². The second-order valence-electron chi connectivity index (χ2n) is 8.39. The summed E-state index contributed by atoms with van der Waals surface area (Å²) >= 11 is 0. The van der Waals surface area contributed by atoms with Gasteiger partial charge in [-0.15, -0.1) is 0 Å². The first-order chi connectivity index (χ1) is 14.0. The quantitative estimate of drug-likeness (QED) is 0.715. The van der Waals surface area contributed by atoms with E-state index in [0.717, 1.165) is 41.7 Å². The van der Waals surface area contributed by atoms with Crippen molar-refractivity contribution in [2.45, 2.75) is 57.7 Å². The van der Waals surface area contributed by atoms with Crippen LogP contribution in [0.4, 0.5) is 5.95 Å². The van der Waals surface area contributed by atoms with Crippen LogP contribution in [0.2, 0.25) is 0 Å². The van der Waals surface area contributed by atoms with Gasteiger partial charge < -0.3 is 15.2 Å². The molecule has 150 valence electrons. The molecular weight excluding hydrogens is 366 g/mol. The van der Waals surface area contributed by atoms with Crippen LogP contribution < -0.4 is 10.6 Å². The average Bonchev–Trinajstić information content (AvgIpc) is 3.40. The molecule has 2 N–H and O–H groups in total. The van der Waals surface area contributed by atoms with Crippen molar-refractivity contribution in [1.82, 2.24) is 24.5 Å². The summed E-state index contributed by atoms with van der Waals surface area (Å²) in [7, 11) is 0. The lowest BCUT2D eigenvalue weighted by Crippen LogP contribution is -2.36. The standard InChI is InChI=1S/C21H25N7O/c1-12(2)27-11-25-17-10-24-14(8-19(17)27)7-13-5-6-23-21(26-13)28-15-3-4-18(28)16(9-15)20(22)29/h5-6,8,10-12,15-16,18H,3-4,7,9H2,1-2H3,(H2,22,29). The number of rotatable bonds is 5. The Morgan fingerprint density at radius 1 is 1.24 bits per heavy atom. The molecule has 3 unspecified atom stereocenters. The number of nitrogens with two attached hydrogens (primary N) is 1. The van der Waals surface area contributed by atoms with Crippen molar-refractivity contribution < 1.29 is 4.79 Å². The van der Waals surface area contributed by atoms with Crippen LogP contribution in [0.15, 0.2) is 30.9 Å². The fourth-order valence-electron chi connectivity index (χ4n) is 4.88. The summed E-state index contributed by atoms with van der Waals surface area (Å²) in [6.07, 6.45) is 8.96. The lowest BCUT2D eigenvalue weighted by molar-refractivity contribution is -0.122. The molecule has 8 heteroatoms. The number of carbonyl (C=O) groups excluding carboxylic acids is 1. The number of amides is 1. The fourth-order valence-corrected chi connectivity index (χ4v) is 4.88. The summed E-state index contributed by atoms with van der Waals surface area (Å²) in [6.45, 7) is 4.28. The summed E-state index contributed by atoms with van der Waals surface area (Å²) in [5.74, 6) is 0.395. The summed E-state index contributed by atoms with van der Waals surface area (Å²) < 4.78 is 2.15. The fraction of sp³-hybridized carbons (Fsp3) is 0.476. The van der Waals surface area contributed by atoms with E-state index in [1.807, 2.05) is 18.6 Å². The summed E-state index contributed by atoms with van der Waals surface area (Å²) in [5, 5.41) is 0. The number of nitrogens with zero attached hydrogens (tertiary/aromatic N) is 6. The zero-order chi connectivity index (χ0) is 20.1. The van der Waals surface area contributed by atoms with Gasteiger partial charge in [0.1, 0.15) is 5.52 Å². The molecule has 5 rings (SSSR count). The number of primary amides is 1. The monoisotopic (exact) mass is 391 g/mol. The number of aromatic nitrogens is 5. The van der Waals surface area contributed by atoms with Gasteiger partial charge in [0.25, 0.3) is 0 Å². The van der Waals surface area contributed by atoms with Gasteiger partial charge in [0.15, 0.2) is 0 Å². The molecule has 3 atom stereocenters. The number of hydrogen-bond donors (Lipinski definition) is 1. The first kappa shape index (κ1) is 18.0. The molecule has 5 heterocycles. The minimum atomic E-state index is -0.211. The van der Waals surface area contributed by atoms with E-state index in [1.165, 1.54) is 0 Å². The van der Waals surface area contributed by atoms with Gasteiger partial charge in [-0.3, -0.25) is 9.78 Å². The predicted octanol–water partition coefficient (Wildman–Crippen LogP) is 2.24. The van der Waals surface area contributed by atoms with Crippen molar-refractivity contribution in [1.29, 1.82) is 0 Å². The van der Waals surface area contributed by atoms with E-state index >= 15 is 0 Å². The Balaban J connectivity index is 1.42. The third-order valence-electron chi connectivity index (χ3n) is 6.27. The Kier molecular flexibility index (Phi) is 4.22. The van der Waals surface area contributed by atoms with Gasteiger partial charge in [0, 0.05) is 36.4 Å². The van der Waals surface area contributed by atoms with Gasteiger partial charge in [-0.2, -0.15) is 0 Å². The van der Waals surface area contributed by atoms with Gasteiger partial charge in [-0.25, -0.2) is 15.0 Å². The molecule has 29 heavy (non-hydrogen) atoms. The van der Waals surface area contributed by atoms with E-state index in [0.29, 0.717) is 24.5 Å². The van der Waals surface area contributed by atoms with Gasteiger partial charge in [0.2, 0.25) is 11.9 Å². The maximum atomic E-state index is 11.8. The second kappa shape index (κ2) is 6.79. The van der Waals surface area contributed by atoms with Gasteiger partial charge in [-0.05, 0) is 45.2 Å². The third kappa shape index (κ3) is 3.03. The molecule has 2 aliphatic rings. The lowest BCUT2D eigenvalue weighted by Gasteiger charge is -2.23. The molecule has 0 spiro atoms. The number of pyridine rings is 1. The van der Waals surface area contributed by atoms with Crippen LogP contribution in [-0.4, -0.2) is 42.5 Å². The summed E-state index contributed by atoms with van der Waals surface area (Å²) in [5.41, 5.74) is 9.45. The average molecular weight is 391 g/mol. The SMILES string of the molecule is CC(C)n1cnc2cnc(Cc3ccnc(N4C5CCC4C(C(N)=O)C5)n3)cc21. The molecule has 0 aliphatic carbocycles. The van der Waals surface area contributed by atoms with Crippen LogP contribution in [0.25, 0.3) is 11.0 Å². The highest BCUT2D eigenvalue weighted by Gasteiger charge is 2.49. The molecule has 2 fully saturated rings. The molecule has 0 saturated carbocycles. The zero-order valence-electron chi connectivity index (χ0n) is 16.7. The zero-order valence-corrected chi connectivity index (χ0v) is 16.7. The molecule has 1 amide bonds. The van der Waals surface area contributed by atoms with Crippen LogP contribution in [-0.2, 0) is 11.2 Å². The maximum Gasteiger partial charge on any atom is 0.226 e. The minimum Gasteiger partial charge on any atom is -0.369 e. The van der Waals surface area contributed by atoms with Crippen LogP contribution >= 0.6 is 0 Å². The Bertz CT molecular complexity index is 1080. The number of anilines is 1. The highest BCUT2D eigenvalue weighted by Crippen LogP contribution is 2.43. The van der Waals surface area contributed by atoms with Gasteiger partial charge in [0.05, 0.1) is 29.7 Å². The number of hydrogen-bond acceptors (Lipinski definition) is 6. The van der Waals surface area contributed by atoms with E-state index < -0.39 is 0 Å². The molecular formula is C21H25N7O. The van der Waals surface area contributed by atoms with Crippen LogP contribution in [0.1, 0.15) is 50.5 Å². The van der Waals surface area contributed by atoms with Crippen molar-refractivity contribution >= 4 is 22.9 Å². The normalized spacial score (nSPS) is 23.4. The Morgan fingerprint density at radius 2 is 2.10 bits per heavy atom. The van der Waals surface area contributed by atoms with E-state index in [1.54, 1.807) is 6.20 Å². The van der Waals surface area contributed by atoms with Crippen molar-refractivity contribution in [3.8, 4) is 0 Å². The molecule has 0 radical (unpaired) electrons. The summed E-state index contributed by atoms with van der Waals surface area (Å²) in [4.78, 5) is 32.3. The number of carbonyl (C=O) groups is 1. The minimum absolute atomic E-state index is 0.0959. The Morgan fingerprint density at radius 3 is 2.86 bits per heavy atom. The molecule has 3 aromatic heterocycles. The number of imidazole rings is 1. The van der Waals surface area contributed by atoms with E-state index in [9.17, 15) is 4.79 Å². The van der Waals surface area contributed by atoms with E-state index in [2.05, 4.69) is 44.3 Å². The van der Waals surface area contributed by atoms with Crippen LogP contribution in [0.5, 0.6) is 0 Å². The molecule has 2 aliphatic heterocycles. The predicted molar refractivity (Wildman–Crippen MR) is 109 cm³/mol. The van der Waals surface area contributed by atoms with E-state index in [-0.39, 0.29) is 17.9 Å². The van der Waals surface area contributed by atoms with Gasteiger partial charge in [-0.1, -0.05) is 0 Å². The van der Waals surface area contributed by atoms with Crippen molar-refractivity contribution in [3.63, 3.8) is 0 Å². The molecule has 0 aromatic carbocycles. The first-order valence-electron chi connectivity index (χ1n) is 10.2. The van der Waals surface area contributed by atoms with Crippen molar-refractivity contribution in [3.05, 3.63) is 42.2 Å². The molecule has 2 saturated heterocycles. The largest absolute Gasteiger partial charge is 0.369 e. The van der Waals surface area contributed by atoms with Crippen LogP contribution in [0, 0.1) is 5.92 Å². The summed E-state index contributed by atoms with van der Waals surface area (Å²) in [6, 6.07) is 4.79. The molecule has 2 bridgehead atoms. The van der Waals surface area contributed by atoms with E-state index in [4.69, 9.17) is 10.7 Å². The van der Waals surface area contributed by atoms with Gasteiger partial charge >= 0.3 is 0 Å². The Hall–Kier alpha value is -3.03. The van der Waals surface area contributed by atoms with Crippen LogP contribution in [0.3, 0.4) is 0 Å². The maximum absolute atomic E-state index is 11.8. The molecule has 3 aromatic rings. The smallest absolute Gasteiger partial charge is 0.226 e. The molecule has 8 nitrogen and oxygen atoms in total. The first-order valence-corrected chi connectivity index (χ1v) is 10.2. The lowest BCUT2D eigenvalue weighted by atomic mass is 9.89. The van der Waals surface area contributed by atoms with Crippen molar-refractivity contribution in [2.75, 3.05) is 4.90 Å². The topological polar surface area (TPSA) is 103 Å². The highest BCUT2D eigenvalue weighted by atomic mass is 16.1. The second-order valence-corrected chi connectivity index (χ2v) is 8.39. The highest BCUT2D eigenvalue weighted by molar-refractivity contribution is 5.79. The number of fused-ring (bicyclic) bond motifs is 3. The Labute approximate surface area is 169 Å². The third-order valence-corrected chi connectivity index (χ3v) is 6.27.